The highest BCUT2D eigenvalue weighted by molar-refractivity contribution is 5.12. The van der Waals surface area contributed by atoms with Crippen LogP contribution >= 0.6 is 0 Å². The Morgan fingerprint density at radius 1 is 1.21 bits per heavy atom. The zero-order valence-electron chi connectivity index (χ0n) is 7.42. The maximum atomic E-state index is 10.2. The highest BCUT2D eigenvalue weighted by Crippen LogP contribution is 1.99. The second kappa shape index (κ2) is 5.53. The van der Waals surface area contributed by atoms with Crippen LogP contribution in [0.5, 0.6) is 5.75 Å². The molecule has 2 aromatic rings. The van der Waals surface area contributed by atoms with Gasteiger partial charge in [-0.25, -0.2) is 0 Å². The maximum Gasteiger partial charge on any atom is 0.181 e. The largest absolute Gasteiger partial charge is 0.506 e. The van der Waals surface area contributed by atoms with Crippen molar-refractivity contribution in [3.05, 3.63) is 59.3 Å². The molecule has 4 nitrogen and oxygen atoms in total. The van der Waals surface area contributed by atoms with Crippen LogP contribution in [-0.2, 0) is 0 Å². The molecule has 72 valence electrons. The first-order valence-electron chi connectivity index (χ1n) is 4.01. The van der Waals surface area contributed by atoms with Crippen LogP contribution in [0.4, 0.5) is 0 Å². The molecule has 2 aromatic heterocycles. The summed E-state index contributed by atoms with van der Waals surface area (Å²) in [6.45, 7) is 0. The molecule has 0 aromatic carbocycles. The first-order valence-corrected chi connectivity index (χ1v) is 4.01. The molecule has 2 N–H and O–H groups in total. The number of aromatic amines is 1. The van der Waals surface area contributed by atoms with E-state index in [0.717, 1.165) is 0 Å². The Balaban J connectivity index is 0.000000140. The van der Waals surface area contributed by atoms with E-state index in [1.807, 2.05) is 0 Å². The molecule has 0 aliphatic heterocycles. The fourth-order valence-electron chi connectivity index (χ4n) is 0.725. The zero-order chi connectivity index (χ0) is 10.2. The SMILES string of the molecule is O=c1cc[nH]cc1.Oc1cccnc1. The fraction of sp³-hybridized carbons (Fsp3) is 0. The second-order valence-electron chi connectivity index (χ2n) is 2.45. The number of pyridine rings is 2. The third kappa shape index (κ3) is 4.06. The van der Waals surface area contributed by atoms with Crippen molar-refractivity contribution in [3.8, 4) is 5.75 Å². The molecule has 14 heavy (non-hydrogen) atoms. The first kappa shape index (κ1) is 9.98. The number of hydrogen-bond acceptors (Lipinski definition) is 3. The summed E-state index contributed by atoms with van der Waals surface area (Å²) < 4.78 is 0. The third-order valence-electron chi connectivity index (χ3n) is 1.33. The van der Waals surface area contributed by atoms with Crippen molar-refractivity contribution in [2.45, 2.75) is 0 Å². The normalized spacial score (nSPS) is 8.57. The van der Waals surface area contributed by atoms with Crippen LogP contribution in [0.1, 0.15) is 0 Å². The molecule has 4 heteroatoms. The summed E-state index contributed by atoms with van der Waals surface area (Å²) >= 11 is 0. The van der Waals surface area contributed by atoms with Gasteiger partial charge in [-0.15, -0.1) is 0 Å². The van der Waals surface area contributed by atoms with E-state index in [1.54, 1.807) is 30.7 Å². The molecular formula is C10H10N2O2. The molecule has 0 saturated carbocycles. The summed E-state index contributed by atoms with van der Waals surface area (Å²) in [7, 11) is 0. The molecule has 0 radical (unpaired) electrons. The number of nitrogens with one attached hydrogen (secondary N) is 1. The van der Waals surface area contributed by atoms with E-state index in [1.165, 1.54) is 18.3 Å². The molecule has 0 atom stereocenters. The lowest BCUT2D eigenvalue weighted by molar-refractivity contribution is 0.472. The number of aromatic nitrogens is 2. The van der Waals surface area contributed by atoms with Gasteiger partial charge < -0.3 is 10.1 Å². The van der Waals surface area contributed by atoms with Gasteiger partial charge in [0.1, 0.15) is 5.75 Å². The summed E-state index contributed by atoms with van der Waals surface area (Å²) in [6, 6.07) is 6.20. The van der Waals surface area contributed by atoms with Gasteiger partial charge >= 0.3 is 0 Å². The van der Waals surface area contributed by atoms with Crippen molar-refractivity contribution in [2.24, 2.45) is 0 Å². The molecule has 2 heterocycles. The zero-order valence-corrected chi connectivity index (χ0v) is 7.42. The fourth-order valence-corrected chi connectivity index (χ4v) is 0.725. The van der Waals surface area contributed by atoms with E-state index in [-0.39, 0.29) is 11.2 Å². The molecule has 0 spiro atoms. The van der Waals surface area contributed by atoms with Crippen LogP contribution in [0.3, 0.4) is 0 Å². The molecule has 0 aliphatic rings. The molecule has 0 saturated heterocycles. The standard InChI is InChI=1S/2C5H5NO/c7-5-1-3-6-4-2-5;7-5-2-1-3-6-4-5/h1-4H,(H,6,7);1-4,7H. The monoisotopic (exact) mass is 190 g/mol. The molecule has 2 rings (SSSR count). The molecule has 0 aliphatic carbocycles. The Labute approximate surface area is 80.9 Å². The summed E-state index contributed by atoms with van der Waals surface area (Å²) in [5.74, 6) is 0.211. The van der Waals surface area contributed by atoms with Gasteiger partial charge in [0.2, 0.25) is 0 Å². The Hall–Kier alpha value is -2.10. The van der Waals surface area contributed by atoms with E-state index in [2.05, 4.69) is 9.97 Å². The lowest BCUT2D eigenvalue weighted by Crippen LogP contribution is -1.92. The maximum absolute atomic E-state index is 10.2. The number of hydrogen-bond donors (Lipinski definition) is 2. The van der Waals surface area contributed by atoms with Gasteiger partial charge in [0, 0.05) is 30.7 Å². The molecular weight excluding hydrogens is 180 g/mol. The van der Waals surface area contributed by atoms with Gasteiger partial charge in [0.05, 0.1) is 6.20 Å². The summed E-state index contributed by atoms with van der Waals surface area (Å²) in [6.07, 6.45) is 6.20. The predicted octanol–water partition coefficient (Wildman–Crippen LogP) is 1.16. The Morgan fingerprint density at radius 2 is 1.93 bits per heavy atom. The number of H-pyrrole nitrogens is 1. The summed E-state index contributed by atoms with van der Waals surface area (Å²) in [4.78, 5) is 16.6. The van der Waals surface area contributed by atoms with E-state index in [4.69, 9.17) is 5.11 Å². The van der Waals surface area contributed by atoms with Gasteiger partial charge in [-0.05, 0) is 12.1 Å². The summed E-state index contributed by atoms with van der Waals surface area (Å²) in [5, 5.41) is 8.57. The topological polar surface area (TPSA) is 66.0 Å². The van der Waals surface area contributed by atoms with Gasteiger partial charge in [-0.1, -0.05) is 0 Å². The highest BCUT2D eigenvalue weighted by Gasteiger charge is 1.76. The Kier molecular flexibility index (Phi) is 3.94. The first-order chi connectivity index (χ1) is 6.79. The van der Waals surface area contributed by atoms with Gasteiger partial charge in [-0.2, -0.15) is 0 Å². The van der Waals surface area contributed by atoms with Crippen LogP contribution in [0.2, 0.25) is 0 Å². The van der Waals surface area contributed by atoms with E-state index in [9.17, 15) is 4.79 Å². The van der Waals surface area contributed by atoms with Crippen molar-refractivity contribution >= 4 is 0 Å². The Bertz CT molecular complexity index is 394. The average Bonchev–Trinajstić information content (AvgIpc) is 2.21. The summed E-state index contributed by atoms with van der Waals surface area (Å²) in [5.41, 5.74) is 0.0405. The third-order valence-corrected chi connectivity index (χ3v) is 1.33. The van der Waals surface area contributed by atoms with E-state index in [0.29, 0.717) is 0 Å². The quantitative estimate of drug-likeness (QED) is 0.655. The van der Waals surface area contributed by atoms with E-state index < -0.39 is 0 Å². The van der Waals surface area contributed by atoms with Crippen LogP contribution < -0.4 is 5.43 Å². The van der Waals surface area contributed by atoms with Crippen molar-refractivity contribution in [1.29, 1.82) is 0 Å². The molecule has 0 fully saturated rings. The van der Waals surface area contributed by atoms with Crippen LogP contribution in [0.25, 0.3) is 0 Å². The van der Waals surface area contributed by atoms with Crippen LogP contribution in [0.15, 0.2) is 53.8 Å². The van der Waals surface area contributed by atoms with Gasteiger partial charge in [-0.3, -0.25) is 9.78 Å². The Morgan fingerprint density at radius 3 is 2.21 bits per heavy atom. The molecule has 0 unspecified atom stereocenters. The van der Waals surface area contributed by atoms with Crippen molar-refractivity contribution in [2.75, 3.05) is 0 Å². The lowest BCUT2D eigenvalue weighted by atomic mass is 10.5. The van der Waals surface area contributed by atoms with Crippen LogP contribution in [0, 0.1) is 0 Å². The van der Waals surface area contributed by atoms with Crippen molar-refractivity contribution < 1.29 is 5.11 Å². The van der Waals surface area contributed by atoms with Crippen molar-refractivity contribution in [3.63, 3.8) is 0 Å². The highest BCUT2D eigenvalue weighted by atomic mass is 16.3. The smallest absolute Gasteiger partial charge is 0.181 e. The molecule has 0 amide bonds. The average molecular weight is 190 g/mol. The lowest BCUT2D eigenvalue weighted by Gasteiger charge is -1.81. The van der Waals surface area contributed by atoms with Gasteiger partial charge in [0.25, 0.3) is 0 Å². The number of nitrogens with zero attached hydrogens (tertiary/aromatic N) is 1. The second-order valence-corrected chi connectivity index (χ2v) is 2.45. The molecule has 0 bridgehead atoms. The van der Waals surface area contributed by atoms with Gasteiger partial charge in [0.15, 0.2) is 5.43 Å². The van der Waals surface area contributed by atoms with Crippen LogP contribution in [-0.4, -0.2) is 15.1 Å². The minimum absolute atomic E-state index is 0.0405. The minimum Gasteiger partial charge on any atom is -0.506 e. The van der Waals surface area contributed by atoms with Crippen molar-refractivity contribution in [1.82, 2.24) is 9.97 Å². The minimum atomic E-state index is 0.0405. The number of aromatic hydroxyl groups is 1. The number of rotatable bonds is 0. The predicted molar refractivity (Wildman–Crippen MR) is 53.0 cm³/mol. The van der Waals surface area contributed by atoms with E-state index >= 15 is 0 Å².